The Morgan fingerprint density at radius 1 is 1.42 bits per heavy atom. The van der Waals surface area contributed by atoms with Gasteiger partial charge in [0.25, 0.3) is 0 Å². The number of Topliss-reactive ketones (excluding diaryl/α,β-unsaturated/α-hetero) is 1. The lowest BCUT2D eigenvalue weighted by Gasteiger charge is -2.60. The Bertz CT molecular complexity index is 232. The van der Waals surface area contributed by atoms with E-state index in [-0.39, 0.29) is 23.0 Å². The van der Waals surface area contributed by atoms with Crippen LogP contribution in [0.25, 0.3) is 0 Å². The molecule has 0 aromatic heterocycles. The maximum absolute atomic E-state index is 11.5. The van der Waals surface area contributed by atoms with E-state index in [1.165, 1.54) is 0 Å². The van der Waals surface area contributed by atoms with E-state index in [4.69, 9.17) is 0 Å². The minimum absolute atomic E-state index is 0.0405. The van der Waals surface area contributed by atoms with Crippen LogP contribution in [-0.2, 0) is 4.79 Å². The molecule has 0 saturated heterocycles. The van der Waals surface area contributed by atoms with Gasteiger partial charge in [0.1, 0.15) is 5.78 Å². The van der Waals surface area contributed by atoms with Gasteiger partial charge in [0.15, 0.2) is 0 Å². The van der Waals surface area contributed by atoms with Gasteiger partial charge in [-0.15, -0.1) is 0 Å². The largest absolute Gasteiger partial charge is 0.389 e. The molecule has 0 aliphatic heterocycles. The molecular weight excluding hydrogens is 152 g/mol. The van der Waals surface area contributed by atoms with Gasteiger partial charge in [-0.05, 0) is 25.2 Å². The maximum Gasteiger partial charge on any atom is 0.143 e. The van der Waals surface area contributed by atoms with Gasteiger partial charge in [-0.2, -0.15) is 0 Å². The van der Waals surface area contributed by atoms with Crippen molar-refractivity contribution in [1.29, 1.82) is 0 Å². The molecule has 3 aliphatic rings. The Balaban J connectivity index is 2.36. The van der Waals surface area contributed by atoms with Gasteiger partial charge in [0.2, 0.25) is 0 Å². The van der Waals surface area contributed by atoms with E-state index < -0.39 is 5.60 Å². The number of hydrogen-bond donors (Lipinski definition) is 1. The van der Waals surface area contributed by atoms with Crippen LogP contribution >= 0.6 is 0 Å². The third-order valence-electron chi connectivity index (χ3n) is 3.83. The summed E-state index contributed by atoms with van der Waals surface area (Å²) >= 11 is 0. The first-order valence-corrected chi connectivity index (χ1v) is 4.63. The molecule has 68 valence electrons. The quantitative estimate of drug-likeness (QED) is 0.593. The number of hydrogen-bond acceptors (Lipinski definition) is 2. The summed E-state index contributed by atoms with van der Waals surface area (Å²) in [5.41, 5.74) is -0.700. The molecule has 3 rings (SSSR count). The van der Waals surface area contributed by atoms with Crippen LogP contribution in [0.3, 0.4) is 0 Å². The average molecular weight is 168 g/mol. The Kier molecular flexibility index (Phi) is 1.32. The van der Waals surface area contributed by atoms with E-state index in [0.717, 1.165) is 12.8 Å². The summed E-state index contributed by atoms with van der Waals surface area (Å²) in [6.45, 7) is 5.99. The number of aliphatic hydroxyl groups is 1. The molecule has 3 aliphatic carbocycles. The zero-order valence-electron chi connectivity index (χ0n) is 7.92. The third kappa shape index (κ3) is 0.717. The minimum atomic E-state index is -0.741. The van der Waals surface area contributed by atoms with E-state index in [1.54, 1.807) is 6.92 Å². The Labute approximate surface area is 73.0 Å². The number of carbonyl (C=O) groups is 1. The molecule has 0 aromatic rings. The second-order valence-electron chi connectivity index (χ2n) is 5.11. The first kappa shape index (κ1) is 8.24. The lowest BCUT2D eigenvalue weighted by atomic mass is 9.43. The van der Waals surface area contributed by atoms with E-state index in [9.17, 15) is 9.90 Å². The second-order valence-corrected chi connectivity index (χ2v) is 5.11. The standard InChI is InChI=1S/C10H16O2/c1-9(2)6-4-5-10(3,12)8(9)7(6)11/h6,8,12H,4-5H2,1-3H3. The van der Waals surface area contributed by atoms with Crippen molar-refractivity contribution < 1.29 is 9.90 Å². The molecule has 1 N–H and O–H groups in total. The monoisotopic (exact) mass is 168 g/mol. The average Bonchev–Trinajstić information content (AvgIpc) is 1.82. The number of carbonyl (C=O) groups excluding carboxylic acids is 1. The molecule has 0 amide bonds. The number of rotatable bonds is 0. The lowest BCUT2D eigenvalue weighted by Crippen LogP contribution is -2.67. The zero-order valence-corrected chi connectivity index (χ0v) is 7.92. The topological polar surface area (TPSA) is 37.3 Å². The number of fused-ring (bicyclic) bond motifs is 2. The SMILES string of the molecule is CC1(O)CCC2C(=O)C1C2(C)C. The molecule has 2 nitrogen and oxygen atoms in total. The smallest absolute Gasteiger partial charge is 0.143 e. The van der Waals surface area contributed by atoms with Gasteiger partial charge in [-0.1, -0.05) is 13.8 Å². The summed E-state index contributed by atoms with van der Waals surface area (Å²) in [6, 6.07) is 0. The van der Waals surface area contributed by atoms with Crippen LogP contribution in [-0.4, -0.2) is 16.5 Å². The van der Waals surface area contributed by atoms with Crippen molar-refractivity contribution in [2.24, 2.45) is 17.3 Å². The summed E-state index contributed by atoms with van der Waals surface area (Å²) in [5, 5.41) is 9.97. The zero-order chi connectivity index (χ0) is 9.15. The Morgan fingerprint density at radius 3 is 2.25 bits per heavy atom. The molecular formula is C10H16O2. The Morgan fingerprint density at radius 2 is 2.00 bits per heavy atom. The fourth-order valence-electron chi connectivity index (χ4n) is 3.24. The highest BCUT2D eigenvalue weighted by atomic mass is 16.3. The van der Waals surface area contributed by atoms with Crippen LogP contribution in [0.4, 0.5) is 0 Å². The molecule has 0 radical (unpaired) electrons. The van der Waals surface area contributed by atoms with Crippen molar-refractivity contribution in [2.75, 3.05) is 0 Å². The van der Waals surface area contributed by atoms with Crippen molar-refractivity contribution in [3.05, 3.63) is 0 Å². The first-order valence-electron chi connectivity index (χ1n) is 4.63. The van der Waals surface area contributed by atoms with Crippen LogP contribution in [0.5, 0.6) is 0 Å². The highest BCUT2D eigenvalue weighted by Crippen LogP contribution is 2.59. The van der Waals surface area contributed by atoms with Crippen molar-refractivity contribution in [1.82, 2.24) is 0 Å². The molecule has 12 heavy (non-hydrogen) atoms. The molecule has 0 aromatic carbocycles. The molecule has 3 saturated carbocycles. The summed E-state index contributed by atoms with van der Waals surface area (Å²) in [5.74, 6) is 0.405. The van der Waals surface area contributed by atoms with E-state index in [2.05, 4.69) is 13.8 Å². The predicted octanol–water partition coefficient (Wildman–Crippen LogP) is 1.37. The minimum Gasteiger partial charge on any atom is -0.389 e. The normalized spacial score (nSPS) is 50.2. The molecule has 2 bridgehead atoms. The van der Waals surface area contributed by atoms with Gasteiger partial charge in [0, 0.05) is 5.92 Å². The van der Waals surface area contributed by atoms with E-state index in [0.29, 0.717) is 0 Å². The fraction of sp³-hybridized carbons (Fsp3) is 0.900. The summed E-state index contributed by atoms with van der Waals surface area (Å²) in [6.07, 6.45) is 1.66. The Hall–Kier alpha value is -0.370. The molecule has 3 atom stereocenters. The molecule has 3 fully saturated rings. The van der Waals surface area contributed by atoms with Crippen LogP contribution < -0.4 is 0 Å². The summed E-state index contributed by atoms with van der Waals surface area (Å²) in [4.78, 5) is 11.5. The van der Waals surface area contributed by atoms with Gasteiger partial charge < -0.3 is 5.11 Å². The molecule has 2 heteroatoms. The maximum atomic E-state index is 11.5. The molecule has 0 heterocycles. The van der Waals surface area contributed by atoms with Gasteiger partial charge in [0.05, 0.1) is 11.5 Å². The van der Waals surface area contributed by atoms with Gasteiger partial charge in [-0.3, -0.25) is 4.79 Å². The van der Waals surface area contributed by atoms with E-state index >= 15 is 0 Å². The van der Waals surface area contributed by atoms with Crippen molar-refractivity contribution in [3.8, 4) is 0 Å². The van der Waals surface area contributed by atoms with Gasteiger partial charge >= 0.3 is 0 Å². The van der Waals surface area contributed by atoms with Crippen molar-refractivity contribution >= 4 is 5.78 Å². The summed E-state index contributed by atoms with van der Waals surface area (Å²) < 4.78 is 0. The van der Waals surface area contributed by atoms with E-state index in [1.807, 2.05) is 0 Å². The second kappa shape index (κ2) is 1.92. The van der Waals surface area contributed by atoms with Crippen LogP contribution in [0, 0.1) is 17.3 Å². The first-order chi connectivity index (χ1) is 5.37. The molecule has 3 unspecified atom stereocenters. The predicted molar refractivity (Wildman–Crippen MR) is 45.6 cm³/mol. The third-order valence-corrected chi connectivity index (χ3v) is 3.83. The number of ketones is 1. The molecule has 0 spiro atoms. The highest BCUT2D eigenvalue weighted by molar-refractivity contribution is 5.93. The van der Waals surface area contributed by atoms with Crippen LogP contribution in [0.15, 0.2) is 0 Å². The highest BCUT2D eigenvalue weighted by Gasteiger charge is 2.65. The van der Waals surface area contributed by atoms with Crippen LogP contribution in [0.1, 0.15) is 33.6 Å². The fourth-order valence-corrected chi connectivity index (χ4v) is 3.24. The van der Waals surface area contributed by atoms with Gasteiger partial charge in [-0.25, -0.2) is 0 Å². The van der Waals surface area contributed by atoms with Crippen molar-refractivity contribution in [2.45, 2.75) is 39.2 Å². The summed E-state index contributed by atoms with van der Waals surface area (Å²) in [7, 11) is 0. The lowest BCUT2D eigenvalue weighted by molar-refractivity contribution is -0.195. The van der Waals surface area contributed by atoms with Crippen LogP contribution in [0.2, 0.25) is 0 Å². The van der Waals surface area contributed by atoms with Crippen molar-refractivity contribution in [3.63, 3.8) is 0 Å².